The summed E-state index contributed by atoms with van der Waals surface area (Å²) in [6.45, 7) is 10.1. The maximum absolute atomic E-state index is 14.2. The summed E-state index contributed by atoms with van der Waals surface area (Å²) in [5.74, 6) is 0.166. The number of benzene rings is 1. The molecule has 6 rings (SSSR count). The Labute approximate surface area is 237 Å². The molecule has 1 saturated heterocycles. The summed E-state index contributed by atoms with van der Waals surface area (Å²) in [5, 5.41) is 9.41. The number of fused-ring (bicyclic) bond motifs is 1. The quantitative estimate of drug-likeness (QED) is 0.228. The van der Waals surface area contributed by atoms with E-state index in [1.807, 2.05) is 17.6 Å². The number of carboxylic acids is 1. The van der Waals surface area contributed by atoms with Crippen LogP contribution in [0.2, 0.25) is 0 Å². The molecule has 0 amide bonds. The Kier molecular flexibility index (Phi) is 7.13. The average Bonchev–Trinajstić information content (AvgIpc) is 3.48. The van der Waals surface area contributed by atoms with Gasteiger partial charge in [0.25, 0.3) is 0 Å². The zero-order chi connectivity index (χ0) is 28.5. The molecule has 5 aromatic rings. The first-order chi connectivity index (χ1) is 19.9. The van der Waals surface area contributed by atoms with Crippen LogP contribution < -0.4 is 4.74 Å². The van der Waals surface area contributed by atoms with Crippen LogP contribution >= 0.6 is 11.3 Å². The van der Waals surface area contributed by atoms with E-state index in [1.165, 1.54) is 12.1 Å². The Morgan fingerprint density at radius 2 is 2.12 bits per heavy atom. The number of carboxylic acid groups (broad SMARTS) is 1. The predicted molar refractivity (Wildman–Crippen MR) is 149 cm³/mol. The molecule has 0 aliphatic carbocycles. The number of hydrogen-bond acceptors (Lipinski definition) is 8. The summed E-state index contributed by atoms with van der Waals surface area (Å²) in [5.41, 5.74) is 3.39. The number of imidazole rings is 1. The number of carbonyl (C=O) groups is 1. The van der Waals surface area contributed by atoms with Crippen LogP contribution in [0.4, 0.5) is 10.1 Å². The highest BCUT2D eigenvalue weighted by atomic mass is 32.1. The highest BCUT2D eigenvalue weighted by molar-refractivity contribution is 7.20. The third-order valence-corrected chi connectivity index (χ3v) is 7.81. The standard InChI is InChI=1S/C29H23FN6O4S/c1-16-20(22-4-3-5-27(34-22)40-15-17-6-7-18(31-2)10-21(17)30)13-32-25(33-16)12-26-35-28-23(11-24(41-28)29(37)38)36(26)14-19-8-9-39-19/h3-7,10-11,13,19H,8-9,12,14-15H2,1H3,(H,37,38). The summed E-state index contributed by atoms with van der Waals surface area (Å²) in [6.07, 6.45) is 3.09. The number of aryl methyl sites for hydroxylation is 1. The maximum atomic E-state index is 14.2. The van der Waals surface area contributed by atoms with Gasteiger partial charge in [-0.05, 0) is 31.5 Å². The van der Waals surface area contributed by atoms with E-state index in [0.717, 1.165) is 47.0 Å². The zero-order valence-corrected chi connectivity index (χ0v) is 22.7. The van der Waals surface area contributed by atoms with Crippen molar-refractivity contribution in [3.05, 3.63) is 93.7 Å². The molecule has 1 unspecified atom stereocenters. The van der Waals surface area contributed by atoms with Crippen molar-refractivity contribution in [1.82, 2.24) is 24.5 Å². The van der Waals surface area contributed by atoms with E-state index in [0.29, 0.717) is 40.8 Å². The van der Waals surface area contributed by atoms with Gasteiger partial charge in [0.15, 0.2) is 5.69 Å². The smallest absolute Gasteiger partial charge is 0.346 e. The van der Waals surface area contributed by atoms with Gasteiger partial charge in [-0.2, -0.15) is 0 Å². The number of ether oxygens (including phenoxy) is 2. The van der Waals surface area contributed by atoms with Crippen molar-refractivity contribution >= 4 is 33.3 Å². The topological polar surface area (TPSA) is 117 Å². The van der Waals surface area contributed by atoms with Gasteiger partial charge in [-0.1, -0.05) is 18.2 Å². The Balaban J connectivity index is 1.21. The largest absolute Gasteiger partial charge is 0.477 e. The van der Waals surface area contributed by atoms with Crippen molar-refractivity contribution < 1.29 is 23.8 Å². The summed E-state index contributed by atoms with van der Waals surface area (Å²) < 4.78 is 27.6. The number of pyridine rings is 1. The molecule has 0 spiro atoms. The van der Waals surface area contributed by atoms with E-state index < -0.39 is 11.8 Å². The first-order valence-electron chi connectivity index (χ1n) is 12.8. The highest BCUT2D eigenvalue weighted by Crippen LogP contribution is 2.29. The van der Waals surface area contributed by atoms with Gasteiger partial charge in [0, 0.05) is 30.0 Å². The second kappa shape index (κ2) is 11.0. The number of hydrogen-bond donors (Lipinski definition) is 1. The first-order valence-corrected chi connectivity index (χ1v) is 13.6. The molecule has 1 fully saturated rings. The van der Waals surface area contributed by atoms with Crippen LogP contribution in [-0.2, 0) is 24.3 Å². The van der Waals surface area contributed by atoms with E-state index in [1.54, 1.807) is 30.5 Å². The molecule has 0 bridgehead atoms. The van der Waals surface area contributed by atoms with Gasteiger partial charge in [-0.3, -0.25) is 0 Å². The van der Waals surface area contributed by atoms with Gasteiger partial charge in [0.1, 0.15) is 33.8 Å². The Morgan fingerprint density at radius 1 is 1.27 bits per heavy atom. The Hall–Kier alpha value is -4.73. The van der Waals surface area contributed by atoms with Crippen molar-refractivity contribution in [2.24, 2.45) is 0 Å². The zero-order valence-electron chi connectivity index (χ0n) is 21.9. The predicted octanol–water partition coefficient (Wildman–Crippen LogP) is 5.61. The van der Waals surface area contributed by atoms with Crippen LogP contribution in [0.25, 0.3) is 26.4 Å². The number of rotatable bonds is 9. The second-order valence-corrected chi connectivity index (χ2v) is 10.6. The van der Waals surface area contributed by atoms with E-state index >= 15 is 0 Å². The van der Waals surface area contributed by atoms with E-state index in [-0.39, 0.29) is 23.3 Å². The molecule has 10 nitrogen and oxygen atoms in total. The maximum Gasteiger partial charge on any atom is 0.346 e. The minimum atomic E-state index is -0.971. The first kappa shape index (κ1) is 26.5. The summed E-state index contributed by atoms with van der Waals surface area (Å²) in [4.78, 5) is 34.2. The van der Waals surface area contributed by atoms with Crippen LogP contribution in [0.3, 0.4) is 0 Å². The molecular weight excluding hydrogens is 547 g/mol. The molecule has 4 aromatic heterocycles. The van der Waals surface area contributed by atoms with Crippen LogP contribution in [0.1, 0.15) is 39.0 Å². The SMILES string of the molecule is [C-]#[N+]c1ccc(COc2cccc(-c3cnc(Cc4nc5sc(C(=O)O)cc5n4CC4CCO4)nc3C)n2)c(F)c1. The molecule has 12 heteroatoms. The lowest BCUT2D eigenvalue weighted by Gasteiger charge is -2.27. The minimum Gasteiger partial charge on any atom is -0.477 e. The fourth-order valence-electron chi connectivity index (χ4n) is 4.55. The number of halogens is 1. The van der Waals surface area contributed by atoms with E-state index in [4.69, 9.17) is 26.0 Å². The van der Waals surface area contributed by atoms with Crippen molar-refractivity contribution in [3.63, 3.8) is 0 Å². The molecule has 5 heterocycles. The molecule has 1 atom stereocenters. The van der Waals surface area contributed by atoms with Crippen LogP contribution in [0.15, 0.2) is 48.7 Å². The van der Waals surface area contributed by atoms with Gasteiger partial charge in [-0.25, -0.2) is 34.0 Å². The van der Waals surface area contributed by atoms with Gasteiger partial charge < -0.3 is 19.1 Å². The number of aromatic nitrogens is 5. The van der Waals surface area contributed by atoms with Gasteiger partial charge in [0.2, 0.25) is 5.88 Å². The van der Waals surface area contributed by atoms with Crippen molar-refractivity contribution in [1.29, 1.82) is 0 Å². The second-order valence-electron chi connectivity index (χ2n) is 9.53. The molecule has 1 N–H and O–H groups in total. The lowest BCUT2D eigenvalue weighted by molar-refractivity contribution is -0.0589. The van der Waals surface area contributed by atoms with E-state index in [9.17, 15) is 14.3 Å². The van der Waals surface area contributed by atoms with Crippen molar-refractivity contribution in [3.8, 4) is 17.1 Å². The monoisotopic (exact) mass is 570 g/mol. The normalized spacial score (nSPS) is 14.5. The lowest BCUT2D eigenvalue weighted by Crippen LogP contribution is -2.31. The third kappa shape index (κ3) is 5.50. The number of thiophene rings is 1. The van der Waals surface area contributed by atoms with Crippen molar-refractivity contribution in [2.45, 2.75) is 39.0 Å². The highest BCUT2D eigenvalue weighted by Gasteiger charge is 2.24. The fourth-order valence-corrected chi connectivity index (χ4v) is 5.44. The van der Waals surface area contributed by atoms with Crippen molar-refractivity contribution in [2.75, 3.05) is 6.61 Å². The Bertz CT molecular complexity index is 1820. The lowest BCUT2D eigenvalue weighted by atomic mass is 10.1. The summed E-state index contributed by atoms with van der Waals surface area (Å²) in [6, 6.07) is 11.2. The molecule has 1 aliphatic rings. The van der Waals surface area contributed by atoms with Crippen LogP contribution in [0.5, 0.6) is 5.88 Å². The average molecular weight is 571 g/mol. The van der Waals surface area contributed by atoms with Gasteiger partial charge >= 0.3 is 5.97 Å². The van der Waals surface area contributed by atoms with Crippen LogP contribution in [-0.4, -0.2) is 48.3 Å². The Morgan fingerprint density at radius 3 is 2.83 bits per heavy atom. The molecule has 1 aliphatic heterocycles. The number of nitrogens with zero attached hydrogens (tertiary/aromatic N) is 6. The summed E-state index contributed by atoms with van der Waals surface area (Å²) >= 11 is 1.15. The van der Waals surface area contributed by atoms with Gasteiger partial charge in [0.05, 0.1) is 42.5 Å². The minimum absolute atomic E-state index is 0.0288. The third-order valence-electron chi connectivity index (χ3n) is 6.80. The number of aromatic carboxylic acids is 1. The molecule has 41 heavy (non-hydrogen) atoms. The molecule has 0 radical (unpaired) electrons. The fraction of sp³-hybridized carbons (Fsp3) is 0.241. The molecule has 0 saturated carbocycles. The molecule has 206 valence electrons. The van der Waals surface area contributed by atoms with Crippen LogP contribution in [0, 0.1) is 19.3 Å². The molecule has 1 aromatic carbocycles. The summed E-state index contributed by atoms with van der Waals surface area (Å²) in [7, 11) is 0. The molecular formula is C29H23FN6O4S. The van der Waals surface area contributed by atoms with Gasteiger partial charge in [-0.15, -0.1) is 11.3 Å². The van der Waals surface area contributed by atoms with E-state index in [2.05, 4.69) is 14.8 Å².